The van der Waals surface area contributed by atoms with Crippen molar-refractivity contribution in [2.24, 2.45) is 23.2 Å². The van der Waals surface area contributed by atoms with E-state index in [2.05, 4.69) is 25.1 Å². The molecule has 0 heterocycles. The van der Waals surface area contributed by atoms with Gasteiger partial charge in [-0.2, -0.15) is 0 Å². The summed E-state index contributed by atoms with van der Waals surface area (Å²) in [6, 6.07) is 16.0. The highest BCUT2D eigenvalue weighted by Gasteiger charge is 2.58. The second-order valence-corrected chi connectivity index (χ2v) is 10.1. The number of amides is 1. The van der Waals surface area contributed by atoms with Gasteiger partial charge in [-0.15, -0.1) is 0 Å². The van der Waals surface area contributed by atoms with Crippen LogP contribution >= 0.6 is 0 Å². The van der Waals surface area contributed by atoms with E-state index in [0.29, 0.717) is 30.1 Å². The largest absolute Gasteiger partial charge is 0.497 e. The van der Waals surface area contributed by atoms with Gasteiger partial charge in [-0.25, -0.2) is 4.79 Å². The summed E-state index contributed by atoms with van der Waals surface area (Å²) in [5.41, 5.74) is 3.33. The molecule has 5 atom stereocenters. The van der Waals surface area contributed by atoms with Crippen LogP contribution in [-0.4, -0.2) is 32.6 Å². The molecule has 5 nitrogen and oxygen atoms in total. The molecule has 0 spiro atoms. The van der Waals surface area contributed by atoms with Crippen molar-refractivity contribution in [1.82, 2.24) is 0 Å². The van der Waals surface area contributed by atoms with Crippen molar-refractivity contribution in [3.63, 3.8) is 0 Å². The van der Waals surface area contributed by atoms with E-state index in [9.17, 15) is 9.59 Å². The molecule has 0 saturated heterocycles. The maximum Gasteiger partial charge on any atom is 0.414 e. The van der Waals surface area contributed by atoms with Gasteiger partial charge in [0.25, 0.3) is 0 Å². The Morgan fingerprint density at radius 1 is 1.12 bits per heavy atom. The standard InChI is InChI=1S/C28H33NO4/c1-28-14-13-23-22-12-10-21(32-2)15-18(22)9-11-24(23)25(28)16-19(26(28)30)17-29(27(31)33-3)20-7-5-4-6-8-20/h4-8,10,12,15,19,23-25H,9,11,13-14,16-17H2,1-3H3/t19-,23-,24-,25+,28+/m1/s1. The first-order valence-corrected chi connectivity index (χ1v) is 12.1. The zero-order valence-corrected chi connectivity index (χ0v) is 19.8. The van der Waals surface area contributed by atoms with E-state index in [1.54, 1.807) is 12.0 Å². The van der Waals surface area contributed by atoms with Crippen LogP contribution in [0, 0.1) is 23.2 Å². The van der Waals surface area contributed by atoms with Crippen LogP contribution in [-0.2, 0) is 16.0 Å². The molecule has 0 unspecified atom stereocenters. The number of para-hydroxylation sites is 1. The number of ether oxygens (including phenoxy) is 2. The molecule has 2 aromatic carbocycles. The fraction of sp³-hybridized carbons (Fsp3) is 0.500. The monoisotopic (exact) mass is 447 g/mol. The number of hydrogen-bond donors (Lipinski definition) is 0. The lowest BCUT2D eigenvalue weighted by molar-refractivity contribution is -0.131. The van der Waals surface area contributed by atoms with Crippen molar-refractivity contribution in [2.75, 3.05) is 25.7 Å². The lowest BCUT2D eigenvalue weighted by Crippen LogP contribution is -2.43. The van der Waals surface area contributed by atoms with Gasteiger partial charge in [0.05, 0.1) is 14.2 Å². The number of anilines is 1. The molecular formula is C28H33NO4. The van der Waals surface area contributed by atoms with Crippen LogP contribution in [0.3, 0.4) is 0 Å². The molecule has 3 aliphatic rings. The summed E-state index contributed by atoms with van der Waals surface area (Å²) >= 11 is 0. The van der Waals surface area contributed by atoms with E-state index in [4.69, 9.17) is 9.47 Å². The van der Waals surface area contributed by atoms with Crippen LogP contribution in [0.1, 0.15) is 49.7 Å². The fourth-order valence-electron chi connectivity index (χ4n) is 7.01. The summed E-state index contributed by atoms with van der Waals surface area (Å²) < 4.78 is 10.5. The highest BCUT2D eigenvalue weighted by molar-refractivity contribution is 5.93. The Morgan fingerprint density at radius 2 is 1.91 bits per heavy atom. The van der Waals surface area contributed by atoms with E-state index in [1.807, 2.05) is 30.3 Å². The summed E-state index contributed by atoms with van der Waals surface area (Å²) in [5, 5.41) is 0. The molecule has 2 fully saturated rings. The smallest absolute Gasteiger partial charge is 0.414 e. The molecule has 0 radical (unpaired) electrons. The third-order valence-corrected chi connectivity index (χ3v) is 8.66. The molecule has 1 amide bonds. The van der Waals surface area contributed by atoms with Gasteiger partial charge in [-0.1, -0.05) is 31.2 Å². The van der Waals surface area contributed by atoms with Gasteiger partial charge in [0.1, 0.15) is 11.5 Å². The predicted octanol–water partition coefficient (Wildman–Crippen LogP) is 5.62. The third kappa shape index (κ3) is 3.62. The summed E-state index contributed by atoms with van der Waals surface area (Å²) in [4.78, 5) is 28.0. The molecule has 33 heavy (non-hydrogen) atoms. The second-order valence-electron chi connectivity index (χ2n) is 10.1. The first-order valence-electron chi connectivity index (χ1n) is 12.1. The maximum atomic E-state index is 13.7. The van der Waals surface area contributed by atoms with Crippen LogP contribution in [0.25, 0.3) is 0 Å². The predicted molar refractivity (Wildman–Crippen MR) is 128 cm³/mol. The van der Waals surface area contributed by atoms with Crippen LogP contribution in [0.15, 0.2) is 48.5 Å². The van der Waals surface area contributed by atoms with Crippen molar-refractivity contribution >= 4 is 17.6 Å². The van der Waals surface area contributed by atoms with Crippen molar-refractivity contribution in [2.45, 2.75) is 44.9 Å². The summed E-state index contributed by atoms with van der Waals surface area (Å²) in [5.74, 6) is 2.48. The van der Waals surface area contributed by atoms with Gasteiger partial charge in [-0.3, -0.25) is 9.69 Å². The molecule has 2 aromatic rings. The fourth-order valence-corrected chi connectivity index (χ4v) is 7.01. The topological polar surface area (TPSA) is 55.8 Å². The van der Waals surface area contributed by atoms with Gasteiger partial charge in [0, 0.05) is 23.6 Å². The Labute approximate surface area is 196 Å². The molecule has 3 aliphatic carbocycles. The third-order valence-electron chi connectivity index (χ3n) is 8.66. The number of carbonyl (C=O) groups is 2. The van der Waals surface area contributed by atoms with Crippen molar-refractivity contribution < 1.29 is 19.1 Å². The summed E-state index contributed by atoms with van der Waals surface area (Å²) in [6.07, 6.45) is 4.56. The number of nitrogens with zero attached hydrogens (tertiary/aromatic N) is 1. The average Bonchev–Trinajstić information content (AvgIpc) is 3.11. The SMILES string of the molecule is COC(=O)N(C[C@H]1C[C@H]2[C@@H]3CCc4cc(OC)ccc4[C@H]3CC[C@]2(C)C1=O)c1ccccc1. The van der Waals surface area contributed by atoms with Gasteiger partial charge in [0.2, 0.25) is 0 Å². The zero-order valence-electron chi connectivity index (χ0n) is 19.8. The minimum atomic E-state index is -0.410. The lowest BCUT2D eigenvalue weighted by atomic mass is 9.55. The Balaban J connectivity index is 1.40. The molecule has 5 rings (SSSR count). The number of rotatable bonds is 4. The van der Waals surface area contributed by atoms with Crippen LogP contribution < -0.4 is 9.64 Å². The zero-order chi connectivity index (χ0) is 23.2. The van der Waals surface area contributed by atoms with Crippen LogP contribution in [0.5, 0.6) is 5.75 Å². The van der Waals surface area contributed by atoms with E-state index in [1.165, 1.54) is 18.2 Å². The van der Waals surface area contributed by atoms with Gasteiger partial charge in [0.15, 0.2) is 0 Å². The van der Waals surface area contributed by atoms with Gasteiger partial charge >= 0.3 is 6.09 Å². The molecule has 0 aliphatic heterocycles. The number of benzene rings is 2. The number of carbonyl (C=O) groups excluding carboxylic acids is 2. The molecule has 5 heteroatoms. The number of hydrogen-bond acceptors (Lipinski definition) is 4. The first-order chi connectivity index (χ1) is 16.0. The summed E-state index contributed by atoms with van der Waals surface area (Å²) in [7, 11) is 3.12. The van der Waals surface area contributed by atoms with Crippen molar-refractivity contribution in [3.05, 3.63) is 59.7 Å². The van der Waals surface area contributed by atoms with E-state index >= 15 is 0 Å². The maximum absolute atomic E-state index is 13.7. The number of ketones is 1. The van der Waals surface area contributed by atoms with Crippen LogP contribution in [0.2, 0.25) is 0 Å². The number of aryl methyl sites for hydroxylation is 1. The Morgan fingerprint density at radius 3 is 2.64 bits per heavy atom. The first kappa shape index (κ1) is 22.0. The van der Waals surface area contributed by atoms with Gasteiger partial charge in [-0.05, 0) is 85.3 Å². The highest BCUT2D eigenvalue weighted by atomic mass is 16.5. The molecule has 174 valence electrons. The van der Waals surface area contributed by atoms with E-state index < -0.39 is 6.09 Å². The Hall–Kier alpha value is -2.82. The van der Waals surface area contributed by atoms with Crippen molar-refractivity contribution in [1.29, 1.82) is 0 Å². The molecule has 0 aromatic heterocycles. The molecule has 2 saturated carbocycles. The number of fused-ring (bicyclic) bond motifs is 5. The van der Waals surface area contributed by atoms with E-state index in [-0.39, 0.29) is 11.3 Å². The lowest BCUT2D eigenvalue weighted by Gasteiger charge is -2.48. The quantitative estimate of drug-likeness (QED) is 0.610. The number of methoxy groups -OCH3 is 2. The van der Waals surface area contributed by atoms with Crippen molar-refractivity contribution in [3.8, 4) is 5.75 Å². The molecule has 0 bridgehead atoms. The van der Waals surface area contributed by atoms with E-state index in [0.717, 1.165) is 43.5 Å². The average molecular weight is 448 g/mol. The minimum Gasteiger partial charge on any atom is -0.497 e. The highest BCUT2D eigenvalue weighted by Crippen LogP contribution is 2.61. The summed E-state index contributed by atoms with van der Waals surface area (Å²) in [6.45, 7) is 2.57. The second kappa shape index (κ2) is 8.51. The number of Topliss-reactive ketones (excluding diaryl/α,β-unsaturated/α-hetero) is 1. The molecular weight excluding hydrogens is 414 g/mol. The van der Waals surface area contributed by atoms with Gasteiger partial charge < -0.3 is 9.47 Å². The normalized spacial score (nSPS) is 30.1. The van der Waals surface area contributed by atoms with Crippen LogP contribution in [0.4, 0.5) is 10.5 Å². The molecule has 0 N–H and O–H groups in total. The Bertz CT molecular complexity index is 1050. The minimum absolute atomic E-state index is 0.157. The Kier molecular flexibility index (Phi) is 5.67.